The number of rotatable bonds is 9. The van der Waals surface area contributed by atoms with E-state index in [2.05, 4.69) is 15.6 Å². The molecular weight excluding hydrogens is 469 g/mol. The van der Waals surface area contributed by atoms with Gasteiger partial charge in [-0.15, -0.1) is 24.0 Å². The summed E-state index contributed by atoms with van der Waals surface area (Å²) in [5, 5.41) is 16.5. The molecule has 0 saturated heterocycles. The molecule has 0 aliphatic rings. The molecule has 7 nitrogen and oxygen atoms in total. The molecule has 0 saturated carbocycles. The van der Waals surface area contributed by atoms with E-state index in [0.717, 1.165) is 11.3 Å². The van der Waals surface area contributed by atoms with E-state index in [9.17, 15) is 13.5 Å². The molecule has 0 amide bonds. The first-order chi connectivity index (χ1) is 11.7. The van der Waals surface area contributed by atoms with Crippen molar-refractivity contribution in [2.24, 2.45) is 4.99 Å². The van der Waals surface area contributed by atoms with Gasteiger partial charge < -0.3 is 20.5 Å². The fourth-order valence-electron chi connectivity index (χ4n) is 2.13. The van der Waals surface area contributed by atoms with E-state index >= 15 is 0 Å². The Kier molecular flexibility index (Phi) is 11.8. The van der Waals surface area contributed by atoms with Crippen LogP contribution in [0.4, 0.5) is 0 Å². The molecule has 3 N–H and O–H groups in total. The molecule has 150 valence electrons. The molecular formula is C17H30IN3O4S. The molecule has 1 aromatic rings. The largest absolute Gasteiger partial charge is 0.497 e. The first-order valence-corrected chi connectivity index (χ1v) is 10.4. The van der Waals surface area contributed by atoms with Gasteiger partial charge >= 0.3 is 0 Å². The predicted molar refractivity (Wildman–Crippen MR) is 116 cm³/mol. The Bertz CT molecular complexity index is 650. The molecule has 0 aliphatic heterocycles. The maximum atomic E-state index is 11.2. The van der Waals surface area contributed by atoms with Crippen LogP contribution in [0.5, 0.6) is 5.75 Å². The van der Waals surface area contributed by atoms with Gasteiger partial charge in [0.25, 0.3) is 0 Å². The van der Waals surface area contributed by atoms with E-state index in [4.69, 9.17) is 4.74 Å². The average molecular weight is 499 g/mol. The molecule has 0 aromatic heterocycles. The van der Waals surface area contributed by atoms with Gasteiger partial charge in [0.2, 0.25) is 0 Å². The maximum absolute atomic E-state index is 11.2. The number of nitrogens with one attached hydrogen (secondary N) is 2. The monoisotopic (exact) mass is 499 g/mol. The first kappa shape index (κ1) is 24.9. The molecule has 1 aromatic carbocycles. The molecule has 0 spiro atoms. The molecule has 0 heterocycles. The minimum Gasteiger partial charge on any atom is -0.497 e. The Balaban J connectivity index is 0.00000625. The van der Waals surface area contributed by atoms with Crippen molar-refractivity contribution in [1.29, 1.82) is 0 Å². The summed E-state index contributed by atoms with van der Waals surface area (Å²) in [4.78, 5) is 4.38. The zero-order chi connectivity index (χ0) is 18.9. The first-order valence-electron chi connectivity index (χ1n) is 8.29. The summed E-state index contributed by atoms with van der Waals surface area (Å²) < 4.78 is 27.6. The van der Waals surface area contributed by atoms with Gasteiger partial charge in [0.15, 0.2) is 5.96 Å². The summed E-state index contributed by atoms with van der Waals surface area (Å²) in [5.74, 6) is 1.40. The topological polar surface area (TPSA) is 100 Å². The number of guanidine groups is 1. The second kappa shape index (κ2) is 12.3. The number of sulfone groups is 1. The number of aliphatic hydroxyl groups is 1. The summed E-state index contributed by atoms with van der Waals surface area (Å²) in [6.45, 7) is 4.71. The Hall–Kier alpha value is -1.07. The van der Waals surface area contributed by atoms with Crippen LogP contribution < -0.4 is 15.4 Å². The number of aliphatic imine (C=N–C) groups is 1. The number of hydrogen-bond acceptors (Lipinski definition) is 5. The number of aliphatic hydroxyl groups excluding tert-OH is 1. The highest BCUT2D eigenvalue weighted by atomic mass is 127. The summed E-state index contributed by atoms with van der Waals surface area (Å²) in [7, 11) is -1.39. The van der Waals surface area contributed by atoms with Crippen molar-refractivity contribution < 1.29 is 18.3 Å². The van der Waals surface area contributed by atoms with E-state index < -0.39 is 15.9 Å². The van der Waals surface area contributed by atoms with E-state index in [-0.39, 0.29) is 42.3 Å². The standard InChI is InChI=1S/C17H29N3O4S.HI/c1-5-18-17(20-13(2)10-11-25(4,22)23)19-12-16(21)14-6-8-15(24-3)9-7-14;/h6-9,13,16,21H,5,10-12H2,1-4H3,(H2,18,19,20);1H. The van der Waals surface area contributed by atoms with Gasteiger partial charge in [-0.25, -0.2) is 8.42 Å². The molecule has 2 unspecified atom stereocenters. The lowest BCUT2D eigenvalue weighted by atomic mass is 10.1. The number of nitrogens with zero attached hydrogens (tertiary/aromatic N) is 1. The lowest BCUT2D eigenvalue weighted by Crippen LogP contribution is -2.43. The third kappa shape index (κ3) is 10.2. The maximum Gasteiger partial charge on any atom is 0.191 e. The summed E-state index contributed by atoms with van der Waals surface area (Å²) in [6.07, 6.45) is 0.988. The highest BCUT2D eigenvalue weighted by Crippen LogP contribution is 2.17. The van der Waals surface area contributed by atoms with Crippen molar-refractivity contribution in [3.05, 3.63) is 29.8 Å². The van der Waals surface area contributed by atoms with Gasteiger partial charge in [-0.3, -0.25) is 4.99 Å². The van der Waals surface area contributed by atoms with Gasteiger partial charge in [-0.05, 0) is 38.0 Å². The minimum absolute atomic E-state index is 0. The molecule has 26 heavy (non-hydrogen) atoms. The Morgan fingerprint density at radius 2 is 1.92 bits per heavy atom. The van der Waals surface area contributed by atoms with Gasteiger partial charge in [-0.2, -0.15) is 0 Å². The van der Waals surface area contributed by atoms with Gasteiger partial charge in [-0.1, -0.05) is 12.1 Å². The highest BCUT2D eigenvalue weighted by Gasteiger charge is 2.11. The minimum atomic E-state index is -2.99. The molecule has 1 rings (SSSR count). The normalized spacial score (nSPS) is 14.1. The van der Waals surface area contributed by atoms with Crippen LogP contribution in [-0.4, -0.2) is 57.7 Å². The fourth-order valence-corrected chi connectivity index (χ4v) is 2.91. The van der Waals surface area contributed by atoms with Crippen molar-refractivity contribution in [1.82, 2.24) is 10.6 Å². The SMILES string of the molecule is CCNC(=NCC(O)c1ccc(OC)cc1)NC(C)CCS(C)(=O)=O.I. The highest BCUT2D eigenvalue weighted by molar-refractivity contribution is 14.0. The van der Waals surface area contributed by atoms with Crippen LogP contribution in [0.1, 0.15) is 31.9 Å². The lowest BCUT2D eigenvalue weighted by Gasteiger charge is -2.18. The van der Waals surface area contributed by atoms with Gasteiger partial charge in [0.05, 0.1) is 25.5 Å². The molecule has 0 bridgehead atoms. The Morgan fingerprint density at radius 1 is 1.31 bits per heavy atom. The molecule has 0 radical (unpaired) electrons. The number of hydrogen-bond donors (Lipinski definition) is 3. The van der Waals surface area contributed by atoms with Crippen LogP contribution in [0, 0.1) is 0 Å². The third-order valence-electron chi connectivity index (χ3n) is 3.57. The summed E-state index contributed by atoms with van der Waals surface area (Å²) in [5.41, 5.74) is 0.755. The van der Waals surface area contributed by atoms with Crippen molar-refractivity contribution in [3.63, 3.8) is 0 Å². The average Bonchev–Trinajstić information content (AvgIpc) is 2.57. The van der Waals surface area contributed by atoms with Crippen LogP contribution in [0.25, 0.3) is 0 Å². The second-order valence-corrected chi connectivity index (χ2v) is 8.23. The lowest BCUT2D eigenvalue weighted by molar-refractivity contribution is 0.187. The zero-order valence-electron chi connectivity index (χ0n) is 15.7. The van der Waals surface area contributed by atoms with Crippen LogP contribution in [0.15, 0.2) is 29.3 Å². The molecule has 0 fully saturated rings. The fraction of sp³-hybridized carbons (Fsp3) is 0.588. The number of methoxy groups -OCH3 is 1. The molecule has 9 heteroatoms. The zero-order valence-corrected chi connectivity index (χ0v) is 18.9. The predicted octanol–water partition coefficient (Wildman–Crippen LogP) is 1.72. The van der Waals surface area contributed by atoms with Crippen LogP contribution in [0.3, 0.4) is 0 Å². The molecule has 2 atom stereocenters. The van der Waals surface area contributed by atoms with Gasteiger partial charge in [0.1, 0.15) is 15.6 Å². The number of halogens is 1. The second-order valence-electron chi connectivity index (χ2n) is 5.97. The van der Waals surface area contributed by atoms with Crippen molar-refractivity contribution in [3.8, 4) is 5.75 Å². The van der Waals surface area contributed by atoms with Crippen molar-refractivity contribution >= 4 is 39.8 Å². The van der Waals surface area contributed by atoms with Crippen molar-refractivity contribution in [2.45, 2.75) is 32.4 Å². The summed E-state index contributed by atoms with van der Waals surface area (Å²) in [6, 6.07) is 7.13. The Morgan fingerprint density at radius 3 is 2.42 bits per heavy atom. The van der Waals surface area contributed by atoms with Crippen LogP contribution in [-0.2, 0) is 9.84 Å². The smallest absolute Gasteiger partial charge is 0.191 e. The molecule has 0 aliphatic carbocycles. The van der Waals surface area contributed by atoms with Gasteiger partial charge in [0, 0.05) is 18.8 Å². The quantitative estimate of drug-likeness (QED) is 0.272. The van der Waals surface area contributed by atoms with Crippen LogP contribution in [0.2, 0.25) is 0 Å². The van der Waals surface area contributed by atoms with E-state index in [1.54, 1.807) is 31.4 Å². The summed E-state index contributed by atoms with van der Waals surface area (Å²) >= 11 is 0. The Labute approximate surface area is 173 Å². The van der Waals surface area contributed by atoms with E-state index in [1.165, 1.54) is 6.26 Å². The third-order valence-corrected chi connectivity index (χ3v) is 4.55. The van der Waals surface area contributed by atoms with Crippen LogP contribution >= 0.6 is 24.0 Å². The van der Waals surface area contributed by atoms with E-state index in [0.29, 0.717) is 18.9 Å². The van der Waals surface area contributed by atoms with Crippen molar-refractivity contribution in [2.75, 3.05) is 32.2 Å². The number of benzene rings is 1. The van der Waals surface area contributed by atoms with E-state index in [1.807, 2.05) is 13.8 Å². The number of ether oxygens (including phenoxy) is 1.